The van der Waals surface area contributed by atoms with Crippen molar-refractivity contribution in [1.29, 1.82) is 0 Å². The summed E-state index contributed by atoms with van der Waals surface area (Å²) in [6, 6.07) is 15.2. The second kappa shape index (κ2) is 13.2. The lowest BCUT2D eigenvalue weighted by Gasteiger charge is -2.54. The van der Waals surface area contributed by atoms with Gasteiger partial charge >= 0.3 is 6.03 Å². The van der Waals surface area contributed by atoms with Gasteiger partial charge in [-0.15, -0.1) is 0 Å². The van der Waals surface area contributed by atoms with Crippen LogP contribution in [-0.2, 0) is 27.3 Å². The zero-order valence-electron chi connectivity index (χ0n) is 23.6. The molecule has 2 heterocycles. The van der Waals surface area contributed by atoms with Crippen molar-refractivity contribution in [2.24, 2.45) is 0 Å². The molecular formula is C31H39N5O5. The van der Waals surface area contributed by atoms with Gasteiger partial charge in [-0.05, 0) is 48.9 Å². The van der Waals surface area contributed by atoms with Crippen LogP contribution in [0.2, 0.25) is 0 Å². The van der Waals surface area contributed by atoms with Crippen LogP contribution in [0.25, 0.3) is 0 Å². The van der Waals surface area contributed by atoms with Crippen LogP contribution in [0.3, 0.4) is 0 Å². The van der Waals surface area contributed by atoms with E-state index in [0.29, 0.717) is 32.7 Å². The van der Waals surface area contributed by atoms with E-state index in [2.05, 4.69) is 11.4 Å². The number of carbonyl (C=O) groups excluding carboxylic acids is 3. The highest BCUT2D eigenvalue weighted by Gasteiger charge is 2.50. The van der Waals surface area contributed by atoms with Crippen molar-refractivity contribution in [2.45, 2.75) is 50.9 Å². The summed E-state index contributed by atoms with van der Waals surface area (Å²) >= 11 is 0. The monoisotopic (exact) mass is 561 g/mol. The molecule has 2 atom stereocenters. The van der Waals surface area contributed by atoms with Gasteiger partial charge in [0, 0.05) is 39.8 Å². The number of nitrogens with zero attached hydrogens (tertiary/aromatic N) is 4. The van der Waals surface area contributed by atoms with Crippen molar-refractivity contribution >= 4 is 17.8 Å². The molecule has 0 bridgehead atoms. The lowest BCUT2D eigenvalue weighted by Crippen LogP contribution is -2.76. The molecule has 0 spiro atoms. The first kappa shape index (κ1) is 28.6. The number of likely N-dealkylation sites (N-methyl/N-ethyl adjacent to an activating group) is 1. The van der Waals surface area contributed by atoms with E-state index in [4.69, 9.17) is 4.74 Å². The molecule has 2 aromatic carbocycles. The standard InChI is InChI=1S/C31H39N5O5/c1-33-22-29(38)35-27(19-24-12-14-26(37)15-13-24)30(39)34(16-6-18-41-17-5-9-23-10-11-23)21-28(35)36(33)31(40)32-20-25-7-3-2-4-8-25/h2-4,7-8,10,12-15,27-28,37H,5-6,9,11,16-22H2,1H3,(H,32,40)/t27-,28-/m0/s1. The number of fused-ring (bicyclic) bond motifs is 1. The average Bonchev–Trinajstić information content (AvgIpc) is 3.79. The SMILES string of the molecule is CN1CC(=O)N2[C@@H](Cc3ccc(O)cc3)C(=O)N(CCCOCCCC3=CC3)C[C@@H]2N1C(=O)NCc1ccccc1. The van der Waals surface area contributed by atoms with Gasteiger partial charge in [0.15, 0.2) is 0 Å². The summed E-state index contributed by atoms with van der Waals surface area (Å²) in [7, 11) is 1.72. The van der Waals surface area contributed by atoms with E-state index >= 15 is 0 Å². The fourth-order valence-corrected chi connectivity index (χ4v) is 5.55. The van der Waals surface area contributed by atoms with Crippen LogP contribution in [0.5, 0.6) is 5.75 Å². The number of piperazine rings is 1. The Kier molecular flexibility index (Phi) is 9.21. The van der Waals surface area contributed by atoms with Gasteiger partial charge in [-0.25, -0.2) is 14.8 Å². The fourth-order valence-electron chi connectivity index (χ4n) is 5.55. The lowest BCUT2D eigenvalue weighted by molar-refractivity contribution is -0.187. The number of amides is 4. The van der Waals surface area contributed by atoms with Crippen LogP contribution in [0.4, 0.5) is 4.79 Å². The van der Waals surface area contributed by atoms with Gasteiger partial charge in [-0.3, -0.25) is 9.59 Å². The molecule has 3 aliphatic rings. The number of urea groups is 1. The van der Waals surface area contributed by atoms with Crippen LogP contribution in [0, 0.1) is 0 Å². The minimum atomic E-state index is -0.767. The smallest absolute Gasteiger partial charge is 0.334 e. The zero-order valence-corrected chi connectivity index (χ0v) is 23.6. The number of benzene rings is 2. The first-order valence-electron chi connectivity index (χ1n) is 14.4. The number of phenols is 1. The molecule has 218 valence electrons. The molecular weight excluding hydrogens is 522 g/mol. The van der Waals surface area contributed by atoms with E-state index in [-0.39, 0.29) is 43.1 Å². The first-order chi connectivity index (χ1) is 19.9. The largest absolute Gasteiger partial charge is 0.508 e. The van der Waals surface area contributed by atoms with Crippen LogP contribution in [0.1, 0.15) is 36.8 Å². The van der Waals surface area contributed by atoms with Gasteiger partial charge in [0.05, 0.1) is 13.1 Å². The minimum Gasteiger partial charge on any atom is -0.508 e. The van der Waals surface area contributed by atoms with Gasteiger partial charge in [0.25, 0.3) is 0 Å². The molecule has 1 aliphatic carbocycles. The molecule has 0 saturated carbocycles. The molecule has 5 rings (SSSR count). The first-order valence-corrected chi connectivity index (χ1v) is 14.4. The highest BCUT2D eigenvalue weighted by molar-refractivity contribution is 5.91. The predicted octanol–water partition coefficient (Wildman–Crippen LogP) is 2.89. The van der Waals surface area contributed by atoms with E-state index in [1.165, 1.54) is 5.57 Å². The summed E-state index contributed by atoms with van der Waals surface area (Å²) in [4.78, 5) is 44.1. The van der Waals surface area contributed by atoms with Gasteiger partial charge in [0.1, 0.15) is 18.0 Å². The molecule has 0 radical (unpaired) electrons. The number of nitrogens with one attached hydrogen (secondary N) is 1. The highest BCUT2D eigenvalue weighted by atomic mass is 16.5. The fraction of sp³-hybridized carbons (Fsp3) is 0.452. The normalized spacial score (nSPS) is 20.6. The number of carbonyl (C=O) groups is 3. The average molecular weight is 562 g/mol. The second-order valence-corrected chi connectivity index (χ2v) is 10.9. The number of allylic oxidation sites excluding steroid dienone is 2. The topological polar surface area (TPSA) is 106 Å². The van der Waals surface area contributed by atoms with Crippen LogP contribution in [0.15, 0.2) is 66.2 Å². The predicted molar refractivity (Wildman–Crippen MR) is 153 cm³/mol. The lowest BCUT2D eigenvalue weighted by atomic mass is 9.98. The summed E-state index contributed by atoms with van der Waals surface area (Å²) in [6.07, 6.45) is 5.76. The third-order valence-corrected chi connectivity index (χ3v) is 7.80. The van der Waals surface area contributed by atoms with Crippen molar-refractivity contribution < 1.29 is 24.2 Å². The maximum absolute atomic E-state index is 13.8. The maximum atomic E-state index is 13.8. The zero-order chi connectivity index (χ0) is 28.8. The van der Waals surface area contributed by atoms with E-state index in [0.717, 1.165) is 30.4 Å². The van der Waals surface area contributed by atoms with Crippen LogP contribution in [-0.4, -0.2) is 94.9 Å². The van der Waals surface area contributed by atoms with Crippen molar-refractivity contribution in [2.75, 3.05) is 39.9 Å². The number of hydrazine groups is 1. The third kappa shape index (κ3) is 7.25. The maximum Gasteiger partial charge on any atom is 0.334 e. The molecule has 41 heavy (non-hydrogen) atoms. The number of rotatable bonds is 12. The van der Waals surface area contributed by atoms with Gasteiger partial charge in [-0.2, -0.15) is 0 Å². The Hall–Kier alpha value is -3.89. The third-order valence-electron chi connectivity index (χ3n) is 7.80. The number of hydrogen-bond acceptors (Lipinski definition) is 6. The Morgan fingerprint density at radius 2 is 1.76 bits per heavy atom. The molecule has 10 heteroatoms. The van der Waals surface area contributed by atoms with Gasteiger partial charge in [-0.1, -0.05) is 54.1 Å². The number of ether oxygens (including phenoxy) is 1. The minimum absolute atomic E-state index is 0.0145. The molecule has 2 aromatic rings. The Labute approximate surface area is 241 Å². The highest BCUT2D eigenvalue weighted by Crippen LogP contribution is 2.28. The molecule has 2 saturated heterocycles. The van der Waals surface area contributed by atoms with E-state index in [1.807, 2.05) is 30.3 Å². The summed E-state index contributed by atoms with van der Waals surface area (Å²) in [5.74, 6) is -0.206. The molecule has 4 amide bonds. The number of aromatic hydroxyl groups is 1. The molecule has 2 N–H and O–H groups in total. The molecule has 10 nitrogen and oxygen atoms in total. The summed E-state index contributed by atoms with van der Waals surface area (Å²) in [5.41, 5.74) is 3.29. The Balaban J connectivity index is 1.30. The van der Waals surface area contributed by atoms with Crippen molar-refractivity contribution in [3.8, 4) is 5.75 Å². The summed E-state index contributed by atoms with van der Waals surface area (Å²) in [6.45, 7) is 2.25. The van der Waals surface area contributed by atoms with Crippen molar-refractivity contribution in [1.82, 2.24) is 25.1 Å². The molecule has 2 fully saturated rings. The van der Waals surface area contributed by atoms with E-state index < -0.39 is 12.2 Å². The Morgan fingerprint density at radius 1 is 1.02 bits per heavy atom. The Morgan fingerprint density at radius 3 is 2.49 bits per heavy atom. The van der Waals surface area contributed by atoms with Gasteiger partial charge in [0.2, 0.25) is 11.8 Å². The quantitative estimate of drug-likeness (QED) is 0.305. The summed E-state index contributed by atoms with van der Waals surface area (Å²) < 4.78 is 5.81. The van der Waals surface area contributed by atoms with E-state index in [1.54, 1.807) is 51.1 Å². The van der Waals surface area contributed by atoms with Crippen LogP contribution >= 0.6 is 0 Å². The molecule has 2 aliphatic heterocycles. The second-order valence-electron chi connectivity index (χ2n) is 10.9. The molecule has 0 aromatic heterocycles. The van der Waals surface area contributed by atoms with Gasteiger partial charge < -0.3 is 25.0 Å². The number of phenolic OH excluding ortho intramolecular Hbond substituents is 1. The Bertz CT molecular complexity index is 1250. The van der Waals surface area contributed by atoms with Crippen LogP contribution < -0.4 is 5.32 Å². The summed E-state index contributed by atoms with van der Waals surface area (Å²) in [5, 5.41) is 15.9. The molecule has 0 unspecified atom stereocenters. The number of hydrogen-bond donors (Lipinski definition) is 2. The van der Waals surface area contributed by atoms with Crippen molar-refractivity contribution in [3.63, 3.8) is 0 Å². The van der Waals surface area contributed by atoms with E-state index in [9.17, 15) is 19.5 Å². The van der Waals surface area contributed by atoms with Crippen molar-refractivity contribution in [3.05, 3.63) is 77.4 Å².